The molecule has 4 nitrogen and oxygen atoms in total. The van der Waals surface area contributed by atoms with E-state index in [-0.39, 0.29) is 0 Å². The van der Waals surface area contributed by atoms with Crippen molar-refractivity contribution in [2.24, 2.45) is 4.99 Å². The second kappa shape index (κ2) is 7.38. The van der Waals surface area contributed by atoms with Crippen LogP contribution >= 0.6 is 11.6 Å². The maximum atomic E-state index is 6.05. The van der Waals surface area contributed by atoms with Crippen LogP contribution in [0, 0.1) is 0 Å². The van der Waals surface area contributed by atoms with Crippen molar-refractivity contribution in [2.45, 2.75) is 13.0 Å². The van der Waals surface area contributed by atoms with Crippen molar-refractivity contribution in [3.8, 4) is 11.5 Å². The molecular formula is C18H19ClN2O2. The molecule has 0 bridgehead atoms. The van der Waals surface area contributed by atoms with Crippen molar-refractivity contribution >= 4 is 17.4 Å². The van der Waals surface area contributed by atoms with Crippen molar-refractivity contribution < 1.29 is 9.47 Å². The van der Waals surface area contributed by atoms with Gasteiger partial charge in [0.05, 0.1) is 12.7 Å². The molecule has 2 aromatic rings. The molecule has 0 radical (unpaired) electrons. The van der Waals surface area contributed by atoms with E-state index in [9.17, 15) is 0 Å². The van der Waals surface area contributed by atoms with Crippen LogP contribution in [-0.2, 0) is 6.61 Å². The molecule has 0 spiro atoms. The Morgan fingerprint density at radius 2 is 2.00 bits per heavy atom. The number of hydrogen-bond donors (Lipinski definition) is 1. The quantitative estimate of drug-likeness (QED) is 0.909. The fourth-order valence-corrected chi connectivity index (χ4v) is 2.59. The lowest BCUT2D eigenvalue weighted by Crippen LogP contribution is -2.30. The van der Waals surface area contributed by atoms with Gasteiger partial charge in [0, 0.05) is 18.1 Å². The van der Waals surface area contributed by atoms with Crippen molar-refractivity contribution in [1.29, 1.82) is 0 Å². The lowest BCUT2D eigenvalue weighted by atomic mass is 10.1. The third-order valence-electron chi connectivity index (χ3n) is 3.65. The zero-order valence-electron chi connectivity index (χ0n) is 13.0. The smallest absolute Gasteiger partial charge is 0.172 e. The van der Waals surface area contributed by atoms with Crippen molar-refractivity contribution in [3.63, 3.8) is 0 Å². The van der Waals surface area contributed by atoms with Crippen LogP contribution in [-0.4, -0.2) is 26.0 Å². The minimum absolute atomic E-state index is 0.442. The number of benzene rings is 2. The van der Waals surface area contributed by atoms with Crippen LogP contribution in [0.1, 0.15) is 17.5 Å². The van der Waals surface area contributed by atoms with Crippen LogP contribution < -0.4 is 14.8 Å². The number of amidine groups is 1. The summed E-state index contributed by atoms with van der Waals surface area (Å²) in [5, 5.41) is 4.05. The second-order valence-corrected chi connectivity index (χ2v) is 5.70. The molecule has 0 atom stereocenters. The van der Waals surface area contributed by atoms with E-state index >= 15 is 0 Å². The molecule has 1 N–H and O–H groups in total. The molecule has 5 heteroatoms. The molecule has 0 fully saturated rings. The van der Waals surface area contributed by atoms with Gasteiger partial charge in [0.2, 0.25) is 0 Å². The molecule has 1 aliphatic rings. The molecule has 2 aromatic carbocycles. The van der Waals surface area contributed by atoms with Crippen LogP contribution in [0.5, 0.6) is 11.5 Å². The molecule has 0 aromatic heterocycles. The number of nitrogens with zero attached hydrogens (tertiary/aromatic N) is 1. The molecule has 0 unspecified atom stereocenters. The van der Waals surface area contributed by atoms with E-state index in [2.05, 4.69) is 10.3 Å². The van der Waals surface area contributed by atoms with Gasteiger partial charge in [0.25, 0.3) is 0 Å². The predicted octanol–water partition coefficient (Wildman–Crippen LogP) is 3.67. The van der Waals surface area contributed by atoms with Gasteiger partial charge < -0.3 is 14.8 Å². The van der Waals surface area contributed by atoms with E-state index in [1.54, 1.807) is 7.11 Å². The Balaban J connectivity index is 1.86. The number of aliphatic imine (C=N–C) groups is 1. The number of para-hydroxylation sites is 1. The highest BCUT2D eigenvalue weighted by atomic mass is 35.5. The Morgan fingerprint density at radius 3 is 2.70 bits per heavy atom. The first-order valence-corrected chi connectivity index (χ1v) is 7.98. The van der Waals surface area contributed by atoms with E-state index in [0.29, 0.717) is 23.1 Å². The third kappa shape index (κ3) is 3.77. The fourth-order valence-electron chi connectivity index (χ4n) is 2.46. The highest BCUT2D eigenvalue weighted by Gasteiger charge is 2.17. The number of nitrogens with one attached hydrogen (secondary N) is 1. The van der Waals surface area contributed by atoms with E-state index in [1.165, 1.54) is 0 Å². The Kier molecular flexibility index (Phi) is 5.03. The summed E-state index contributed by atoms with van der Waals surface area (Å²) in [7, 11) is 1.64. The summed E-state index contributed by atoms with van der Waals surface area (Å²) in [6, 6.07) is 13.5. The fraction of sp³-hybridized carbons (Fsp3) is 0.278. The molecular weight excluding hydrogens is 312 g/mol. The van der Waals surface area contributed by atoms with Crippen LogP contribution in [0.4, 0.5) is 0 Å². The zero-order valence-corrected chi connectivity index (χ0v) is 13.8. The average molecular weight is 331 g/mol. The summed E-state index contributed by atoms with van der Waals surface area (Å²) >= 11 is 5.92. The highest BCUT2D eigenvalue weighted by Crippen LogP contribution is 2.32. The standard InChI is InChI=1S/C18H19ClN2O2/c1-22-16-5-2-4-15(18-20-10-3-11-21-18)17(16)23-12-13-6-8-14(19)9-7-13/h2,4-9H,3,10-12H2,1H3,(H,20,21). The first kappa shape index (κ1) is 15.7. The van der Waals surface area contributed by atoms with Crippen molar-refractivity contribution in [2.75, 3.05) is 20.2 Å². The molecule has 23 heavy (non-hydrogen) atoms. The van der Waals surface area contributed by atoms with Gasteiger partial charge in [-0.15, -0.1) is 0 Å². The predicted molar refractivity (Wildman–Crippen MR) is 92.8 cm³/mol. The minimum atomic E-state index is 0.442. The topological polar surface area (TPSA) is 42.8 Å². The van der Waals surface area contributed by atoms with Gasteiger partial charge in [-0.3, -0.25) is 4.99 Å². The van der Waals surface area contributed by atoms with Gasteiger partial charge in [-0.1, -0.05) is 29.8 Å². The number of halogens is 1. The van der Waals surface area contributed by atoms with Crippen molar-refractivity contribution in [3.05, 3.63) is 58.6 Å². The monoisotopic (exact) mass is 330 g/mol. The normalized spacial score (nSPS) is 13.9. The van der Waals surface area contributed by atoms with Gasteiger partial charge >= 0.3 is 0 Å². The van der Waals surface area contributed by atoms with E-state index in [1.807, 2.05) is 42.5 Å². The molecule has 3 rings (SSSR count). The van der Waals surface area contributed by atoms with Crippen molar-refractivity contribution in [1.82, 2.24) is 5.32 Å². The molecule has 0 aliphatic carbocycles. The molecule has 0 saturated heterocycles. The Hall–Kier alpha value is -2.20. The molecule has 1 heterocycles. The summed E-state index contributed by atoms with van der Waals surface area (Å²) < 4.78 is 11.5. The Labute approximate surface area is 141 Å². The lowest BCUT2D eigenvalue weighted by molar-refractivity contribution is 0.284. The number of ether oxygens (including phenoxy) is 2. The van der Waals surface area contributed by atoms with E-state index in [4.69, 9.17) is 21.1 Å². The van der Waals surface area contributed by atoms with Gasteiger partial charge in [0.15, 0.2) is 11.5 Å². The number of methoxy groups -OCH3 is 1. The summed E-state index contributed by atoms with van der Waals surface area (Å²) in [6.07, 6.45) is 1.05. The zero-order chi connectivity index (χ0) is 16.1. The summed E-state index contributed by atoms with van der Waals surface area (Å²) in [5.74, 6) is 2.27. The average Bonchev–Trinajstić information content (AvgIpc) is 2.61. The molecule has 120 valence electrons. The SMILES string of the molecule is COc1cccc(C2=NCCCN2)c1OCc1ccc(Cl)cc1. The Bertz CT molecular complexity index is 699. The lowest BCUT2D eigenvalue weighted by Gasteiger charge is -2.19. The van der Waals surface area contributed by atoms with E-state index < -0.39 is 0 Å². The maximum Gasteiger partial charge on any atom is 0.172 e. The van der Waals surface area contributed by atoms with Crippen LogP contribution in [0.3, 0.4) is 0 Å². The summed E-state index contributed by atoms with van der Waals surface area (Å²) in [5.41, 5.74) is 1.97. The molecule has 0 amide bonds. The maximum absolute atomic E-state index is 6.05. The van der Waals surface area contributed by atoms with Gasteiger partial charge in [-0.25, -0.2) is 0 Å². The highest BCUT2D eigenvalue weighted by molar-refractivity contribution is 6.30. The van der Waals surface area contributed by atoms with Crippen LogP contribution in [0.25, 0.3) is 0 Å². The molecule has 0 saturated carbocycles. The van der Waals surface area contributed by atoms with Crippen LogP contribution in [0.15, 0.2) is 47.5 Å². The first-order chi connectivity index (χ1) is 11.3. The van der Waals surface area contributed by atoms with E-state index in [0.717, 1.165) is 36.5 Å². The van der Waals surface area contributed by atoms with Gasteiger partial charge in [-0.2, -0.15) is 0 Å². The first-order valence-electron chi connectivity index (χ1n) is 7.61. The van der Waals surface area contributed by atoms with Gasteiger partial charge in [-0.05, 0) is 36.2 Å². The second-order valence-electron chi connectivity index (χ2n) is 5.26. The summed E-state index contributed by atoms with van der Waals surface area (Å²) in [4.78, 5) is 4.55. The largest absolute Gasteiger partial charge is 0.493 e. The molecule has 1 aliphatic heterocycles. The number of rotatable bonds is 5. The number of hydrogen-bond acceptors (Lipinski definition) is 4. The van der Waals surface area contributed by atoms with Gasteiger partial charge in [0.1, 0.15) is 12.4 Å². The third-order valence-corrected chi connectivity index (χ3v) is 3.90. The summed E-state index contributed by atoms with van der Waals surface area (Å²) in [6.45, 7) is 2.20. The Morgan fingerprint density at radius 1 is 1.17 bits per heavy atom. The van der Waals surface area contributed by atoms with Crippen LogP contribution in [0.2, 0.25) is 5.02 Å². The minimum Gasteiger partial charge on any atom is -0.493 e.